The maximum absolute atomic E-state index is 14.0. The quantitative estimate of drug-likeness (QED) is 0.683. The zero-order chi connectivity index (χ0) is 19.0. The number of imidazole rings is 1. The van der Waals surface area contributed by atoms with Gasteiger partial charge in [0.25, 0.3) is 0 Å². The maximum atomic E-state index is 14.0. The minimum Gasteiger partial charge on any atom is -0.337 e. The molecule has 1 saturated heterocycles. The van der Waals surface area contributed by atoms with Crippen molar-refractivity contribution in [2.75, 3.05) is 19.6 Å². The van der Waals surface area contributed by atoms with E-state index in [9.17, 15) is 12.8 Å². The molecule has 1 unspecified atom stereocenters. The molecule has 0 spiro atoms. The van der Waals surface area contributed by atoms with Crippen LogP contribution in [0.5, 0.6) is 0 Å². The van der Waals surface area contributed by atoms with Gasteiger partial charge < -0.3 is 9.88 Å². The normalized spacial score (nSPS) is 18.0. The maximum Gasteiger partial charge on any atom is 0.246 e. The number of benzene rings is 1. The van der Waals surface area contributed by atoms with Crippen LogP contribution >= 0.6 is 12.4 Å². The highest BCUT2D eigenvalue weighted by Gasteiger charge is 2.37. The molecule has 0 radical (unpaired) electrons. The lowest BCUT2D eigenvalue weighted by Gasteiger charge is -2.34. The number of sulfonamides is 1. The van der Waals surface area contributed by atoms with E-state index >= 15 is 0 Å². The first-order chi connectivity index (χ1) is 13.0. The summed E-state index contributed by atoms with van der Waals surface area (Å²) in [4.78, 5) is 4.33. The number of para-hydroxylation sites is 1. The molecule has 150 valence electrons. The molecule has 11 heteroatoms. The minimum atomic E-state index is -3.82. The van der Waals surface area contributed by atoms with Crippen LogP contribution in [-0.4, -0.2) is 51.7 Å². The van der Waals surface area contributed by atoms with Crippen LogP contribution in [0.15, 0.2) is 53.9 Å². The van der Waals surface area contributed by atoms with Gasteiger partial charge in [0.2, 0.25) is 10.0 Å². The molecule has 3 heterocycles. The third-order valence-corrected chi connectivity index (χ3v) is 6.48. The Balaban J connectivity index is 0.00000225. The van der Waals surface area contributed by atoms with Gasteiger partial charge in [0.05, 0.1) is 18.4 Å². The summed E-state index contributed by atoms with van der Waals surface area (Å²) in [6, 6.07) is 5.65. The van der Waals surface area contributed by atoms with Crippen LogP contribution < -0.4 is 5.32 Å². The Hall–Kier alpha value is -2.27. The van der Waals surface area contributed by atoms with Crippen LogP contribution in [0, 0.1) is 5.82 Å². The Morgan fingerprint density at radius 2 is 2.07 bits per heavy atom. The SMILES string of the molecule is Cl.Cn1ccnc1C1CNCCN1S(=O)(=O)c1cnn(-c2ccccc2F)c1. The number of rotatable bonds is 4. The van der Waals surface area contributed by atoms with Gasteiger partial charge in [-0.1, -0.05) is 12.1 Å². The Kier molecular flexibility index (Phi) is 5.84. The molecule has 0 saturated carbocycles. The van der Waals surface area contributed by atoms with Crippen molar-refractivity contribution < 1.29 is 12.8 Å². The number of aromatic nitrogens is 4. The summed E-state index contributed by atoms with van der Waals surface area (Å²) in [5, 5.41) is 7.26. The molecule has 28 heavy (non-hydrogen) atoms. The van der Waals surface area contributed by atoms with E-state index in [1.165, 1.54) is 27.4 Å². The molecule has 1 atom stereocenters. The number of aryl methyl sites for hydroxylation is 1. The monoisotopic (exact) mass is 426 g/mol. The molecular weight excluding hydrogens is 407 g/mol. The van der Waals surface area contributed by atoms with E-state index in [0.29, 0.717) is 25.5 Å². The van der Waals surface area contributed by atoms with Gasteiger partial charge in [-0.3, -0.25) is 0 Å². The van der Waals surface area contributed by atoms with Gasteiger partial charge in [-0.2, -0.15) is 9.40 Å². The van der Waals surface area contributed by atoms with Crippen molar-refractivity contribution in [1.82, 2.24) is 29.0 Å². The van der Waals surface area contributed by atoms with Crippen molar-refractivity contribution in [3.8, 4) is 5.69 Å². The second kappa shape index (κ2) is 8.00. The van der Waals surface area contributed by atoms with E-state index in [1.807, 2.05) is 11.6 Å². The summed E-state index contributed by atoms with van der Waals surface area (Å²) < 4.78 is 45.0. The van der Waals surface area contributed by atoms with Crippen LogP contribution in [0.3, 0.4) is 0 Å². The summed E-state index contributed by atoms with van der Waals surface area (Å²) in [7, 11) is -1.99. The summed E-state index contributed by atoms with van der Waals surface area (Å²) in [6.07, 6.45) is 6.01. The lowest BCUT2D eigenvalue weighted by molar-refractivity contribution is 0.258. The molecule has 2 aromatic heterocycles. The first-order valence-electron chi connectivity index (χ1n) is 8.48. The summed E-state index contributed by atoms with van der Waals surface area (Å²) in [6.45, 7) is 1.32. The number of halogens is 2. The van der Waals surface area contributed by atoms with Crippen LogP contribution in [0.1, 0.15) is 11.9 Å². The van der Waals surface area contributed by atoms with Gasteiger partial charge in [0, 0.05) is 39.1 Å². The topological polar surface area (TPSA) is 85.1 Å². The Bertz CT molecular complexity index is 1070. The lowest BCUT2D eigenvalue weighted by atomic mass is 10.2. The van der Waals surface area contributed by atoms with E-state index in [0.717, 1.165) is 0 Å². The largest absolute Gasteiger partial charge is 0.337 e. The van der Waals surface area contributed by atoms with Crippen molar-refractivity contribution >= 4 is 22.4 Å². The molecule has 0 amide bonds. The molecule has 3 aromatic rings. The molecule has 0 aliphatic carbocycles. The van der Waals surface area contributed by atoms with Crippen molar-refractivity contribution in [2.45, 2.75) is 10.9 Å². The second-order valence-corrected chi connectivity index (χ2v) is 8.19. The molecule has 1 aliphatic heterocycles. The molecule has 4 rings (SSSR count). The molecule has 1 aromatic carbocycles. The predicted octanol–water partition coefficient (Wildman–Crippen LogP) is 1.50. The van der Waals surface area contributed by atoms with Gasteiger partial charge >= 0.3 is 0 Å². The highest BCUT2D eigenvalue weighted by atomic mass is 35.5. The first kappa shape index (κ1) is 20.5. The highest BCUT2D eigenvalue weighted by molar-refractivity contribution is 7.89. The summed E-state index contributed by atoms with van der Waals surface area (Å²) >= 11 is 0. The Morgan fingerprint density at radius 3 is 2.79 bits per heavy atom. The first-order valence-corrected chi connectivity index (χ1v) is 9.92. The zero-order valence-electron chi connectivity index (χ0n) is 15.1. The molecule has 1 fully saturated rings. The molecule has 1 aliphatic rings. The van der Waals surface area contributed by atoms with Crippen molar-refractivity contribution in [1.29, 1.82) is 0 Å². The highest BCUT2D eigenvalue weighted by Crippen LogP contribution is 2.28. The van der Waals surface area contributed by atoms with Gasteiger partial charge in [0.15, 0.2) is 0 Å². The van der Waals surface area contributed by atoms with Crippen molar-refractivity contribution in [3.05, 3.63) is 60.7 Å². The Morgan fingerprint density at radius 1 is 1.29 bits per heavy atom. The number of hydrogen-bond acceptors (Lipinski definition) is 5. The summed E-state index contributed by atoms with van der Waals surface area (Å²) in [5.74, 6) is 0.185. The van der Waals surface area contributed by atoms with E-state index in [2.05, 4.69) is 15.4 Å². The number of nitrogens with zero attached hydrogens (tertiary/aromatic N) is 5. The smallest absolute Gasteiger partial charge is 0.246 e. The van der Waals surface area contributed by atoms with Gasteiger partial charge in [0.1, 0.15) is 22.2 Å². The number of hydrogen-bond donors (Lipinski definition) is 1. The minimum absolute atomic E-state index is 0. The molecular formula is C17H20ClFN6O2S. The lowest BCUT2D eigenvalue weighted by Crippen LogP contribution is -2.49. The predicted molar refractivity (Wildman–Crippen MR) is 103 cm³/mol. The fraction of sp³-hybridized carbons (Fsp3) is 0.294. The van der Waals surface area contributed by atoms with Gasteiger partial charge in [-0.05, 0) is 12.1 Å². The van der Waals surface area contributed by atoms with Crippen LogP contribution in [0.2, 0.25) is 0 Å². The third-order valence-electron chi connectivity index (χ3n) is 4.62. The van der Waals surface area contributed by atoms with Gasteiger partial charge in [-0.15, -0.1) is 12.4 Å². The third kappa shape index (κ3) is 3.55. The van der Waals surface area contributed by atoms with Crippen LogP contribution in [-0.2, 0) is 17.1 Å². The summed E-state index contributed by atoms with van der Waals surface area (Å²) in [5.41, 5.74) is 0.194. The van der Waals surface area contributed by atoms with E-state index in [1.54, 1.807) is 30.6 Å². The van der Waals surface area contributed by atoms with E-state index < -0.39 is 21.9 Å². The number of nitrogens with one attached hydrogen (secondary N) is 1. The molecule has 1 N–H and O–H groups in total. The molecule has 8 nitrogen and oxygen atoms in total. The van der Waals surface area contributed by atoms with E-state index in [4.69, 9.17) is 0 Å². The van der Waals surface area contributed by atoms with Crippen LogP contribution in [0.25, 0.3) is 5.69 Å². The van der Waals surface area contributed by atoms with Crippen molar-refractivity contribution in [2.24, 2.45) is 7.05 Å². The standard InChI is InChI=1S/C17H19FN6O2S.ClH/c1-22-8-7-20-17(22)16-11-19-6-9-24(16)27(25,26)13-10-21-23(12-13)15-5-3-2-4-14(15)18;/h2-5,7-8,10,12,16,19H,6,9,11H2,1H3;1H. The second-order valence-electron chi connectivity index (χ2n) is 6.30. The molecule has 0 bridgehead atoms. The average molecular weight is 427 g/mol. The fourth-order valence-corrected chi connectivity index (χ4v) is 4.76. The zero-order valence-corrected chi connectivity index (χ0v) is 16.7. The Labute approximate surface area is 168 Å². The van der Waals surface area contributed by atoms with E-state index in [-0.39, 0.29) is 23.0 Å². The van der Waals surface area contributed by atoms with Crippen molar-refractivity contribution in [3.63, 3.8) is 0 Å². The van der Waals surface area contributed by atoms with Gasteiger partial charge in [-0.25, -0.2) is 22.5 Å². The van der Waals surface area contributed by atoms with Crippen LogP contribution in [0.4, 0.5) is 4.39 Å². The average Bonchev–Trinajstić information content (AvgIpc) is 3.32. The number of piperazine rings is 1. The fourth-order valence-electron chi connectivity index (χ4n) is 3.24.